The molecule has 0 atom stereocenters. The highest BCUT2D eigenvalue weighted by Gasteiger charge is 2.12. The highest BCUT2D eigenvalue weighted by molar-refractivity contribution is 6.58. The lowest BCUT2D eigenvalue weighted by atomic mass is 9.80. The number of halogens is 2. The molecular formula is C14H16B2F2O4. The van der Waals surface area contributed by atoms with Crippen LogP contribution in [0.2, 0.25) is 0 Å². The van der Waals surface area contributed by atoms with Gasteiger partial charge in [0.15, 0.2) is 0 Å². The molecule has 0 fully saturated rings. The fourth-order valence-electron chi connectivity index (χ4n) is 1.60. The molecule has 116 valence electrons. The van der Waals surface area contributed by atoms with Crippen LogP contribution in [-0.4, -0.2) is 34.3 Å². The zero-order chi connectivity index (χ0) is 16.9. The van der Waals surface area contributed by atoms with Crippen molar-refractivity contribution in [3.05, 3.63) is 59.2 Å². The maximum Gasteiger partial charge on any atom is 0.488 e. The van der Waals surface area contributed by atoms with Crippen LogP contribution in [0, 0.1) is 25.5 Å². The van der Waals surface area contributed by atoms with Gasteiger partial charge < -0.3 is 20.1 Å². The molecule has 0 spiro atoms. The molecular weight excluding hydrogens is 292 g/mol. The van der Waals surface area contributed by atoms with Crippen molar-refractivity contribution in [3.63, 3.8) is 0 Å². The SMILES string of the molecule is Cc1cc(B(O)O)ccc1F.Cc1ccc(B(O)O)cc1F. The van der Waals surface area contributed by atoms with Crippen LogP contribution in [0.25, 0.3) is 0 Å². The Hall–Kier alpha value is -1.73. The average Bonchev–Trinajstić information content (AvgIpc) is 2.45. The summed E-state index contributed by atoms with van der Waals surface area (Å²) in [4.78, 5) is 0. The first kappa shape index (κ1) is 18.3. The molecule has 2 aromatic carbocycles. The van der Waals surface area contributed by atoms with E-state index in [1.165, 1.54) is 30.3 Å². The summed E-state index contributed by atoms with van der Waals surface area (Å²) < 4.78 is 25.3. The summed E-state index contributed by atoms with van der Waals surface area (Å²) in [7, 11) is -3.11. The summed E-state index contributed by atoms with van der Waals surface area (Å²) in [6, 6.07) is 8.05. The molecule has 0 aromatic heterocycles. The fraction of sp³-hybridized carbons (Fsp3) is 0.143. The smallest absolute Gasteiger partial charge is 0.423 e. The summed E-state index contributed by atoms with van der Waals surface area (Å²) in [6.45, 7) is 3.18. The van der Waals surface area contributed by atoms with Crippen molar-refractivity contribution >= 4 is 25.2 Å². The first-order valence-electron chi connectivity index (χ1n) is 6.46. The Kier molecular flexibility index (Phi) is 6.70. The third-order valence-corrected chi connectivity index (χ3v) is 2.97. The van der Waals surface area contributed by atoms with Crippen molar-refractivity contribution < 1.29 is 28.9 Å². The van der Waals surface area contributed by atoms with Gasteiger partial charge in [0.25, 0.3) is 0 Å². The van der Waals surface area contributed by atoms with E-state index in [2.05, 4.69) is 0 Å². The van der Waals surface area contributed by atoms with Gasteiger partial charge in [-0.3, -0.25) is 0 Å². The van der Waals surface area contributed by atoms with Gasteiger partial charge in [0.1, 0.15) is 11.6 Å². The number of hydrogen-bond acceptors (Lipinski definition) is 4. The van der Waals surface area contributed by atoms with Crippen molar-refractivity contribution in [2.45, 2.75) is 13.8 Å². The van der Waals surface area contributed by atoms with E-state index in [9.17, 15) is 8.78 Å². The predicted molar refractivity (Wildman–Crippen MR) is 81.9 cm³/mol. The fourth-order valence-corrected chi connectivity index (χ4v) is 1.60. The number of aryl methyl sites for hydroxylation is 2. The van der Waals surface area contributed by atoms with Gasteiger partial charge in [-0.15, -0.1) is 0 Å². The zero-order valence-corrected chi connectivity index (χ0v) is 12.2. The predicted octanol–water partition coefficient (Wildman–Crippen LogP) is -0.372. The first-order valence-corrected chi connectivity index (χ1v) is 6.46. The molecule has 0 saturated heterocycles. The normalized spacial score (nSPS) is 9.82. The molecule has 0 unspecified atom stereocenters. The van der Waals surface area contributed by atoms with E-state index in [0.717, 1.165) is 6.07 Å². The van der Waals surface area contributed by atoms with Crippen molar-refractivity contribution in [1.82, 2.24) is 0 Å². The molecule has 2 aromatic rings. The summed E-state index contributed by atoms with van der Waals surface area (Å²) in [5.74, 6) is -0.759. The van der Waals surface area contributed by atoms with Gasteiger partial charge in [0, 0.05) is 0 Å². The van der Waals surface area contributed by atoms with Gasteiger partial charge in [-0.25, -0.2) is 8.78 Å². The third-order valence-electron chi connectivity index (χ3n) is 2.97. The third kappa shape index (κ3) is 5.23. The highest BCUT2D eigenvalue weighted by Crippen LogP contribution is 2.02. The second kappa shape index (κ2) is 8.05. The zero-order valence-electron chi connectivity index (χ0n) is 12.2. The van der Waals surface area contributed by atoms with Gasteiger partial charge in [-0.1, -0.05) is 24.3 Å². The lowest BCUT2D eigenvalue weighted by molar-refractivity contribution is 0.424. The lowest BCUT2D eigenvalue weighted by Crippen LogP contribution is -2.30. The van der Waals surface area contributed by atoms with Crippen molar-refractivity contribution in [1.29, 1.82) is 0 Å². The molecule has 0 aliphatic heterocycles. The van der Waals surface area contributed by atoms with E-state index in [0.29, 0.717) is 16.6 Å². The maximum absolute atomic E-state index is 12.7. The van der Waals surface area contributed by atoms with Crippen LogP contribution in [0.3, 0.4) is 0 Å². The average molecular weight is 308 g/mol. The Bertz CT molecular complexity index is 581. The largest absolute Gasteiger partial charge is 0.488 e. The van der Waals surface area contributed by atoms with Crippen LogP contribution < -0.4 is 10.9 Å². The minimum absolute atomic E-state index is 0.174. The summed E-state index contributed by atoms with van der Waals surface area (Å²) in [5.41, 5.74) is 1.39. The molecule has 0 amide bonds. The summed E-state index contributed by atoms with van der Waals surface area (Å²) in [6.07, 6.45) is 0. The van der Waals surface area contributed by atoms with E-state index < -0.39 is 20.1 Å². The molecule has 0 bridgehead atoms. The number of rotatable bonds is 2. The standard InChI is InChI=1S/2C7H8BFO2/c1-5-4-6(8(10)11)2-3-7(5)9;1-5-2-3-6(8(10)11)4-7(5)9/h2*2-4,10-11H,1H3. The Morgan fingerprint density at radius 2 is 1.18 bits per heavy atom. The van der Waals surface area contributed by atoms with Crippen molar-refractivity contribution in [2.24, 2.45) is 0 Å². The van der Waals surface area contributed by atoms with E-state index in [1.807, 2.05) is 0 Å². The minimum atomic E-state index is -1.59. The molecule has 8 heteroatoms. The molecule has 2 rings (SSSR count). The Labute approximate surface area is 128 Å². The van der Waals surface area contributed by atoms with Crippen LogP contribution in [0.1, 0.15) is 11.1 Å². The molecule has 0 saturated carbocycles. The monoisotopic (exact) mass is 308 g/mol. The molecule has 4 nitrogen and oxygen atoms in total. The Morgan fingerprint density at radius 3 is 1.64 bits per heavy atom. The first-order chi connectivity index (χ1) is 10.2. The summed E-state index contributed by atoms with van der Waals surface area (Å²) >= 11 is 0. The Balaban J connectivity index is 0.000000220. The molecule has 22 heavy (non-hydrogen) atoms. The second-order valence-corrected chi connectivity index (χ2v) is 4.76. The van der Waals surface area contributed by atoms with E-state index in [1.54, 1.807) is 13.8 Å². The van der Waals surface area contributed by atoms with Crippen LogP contribution in [0.4, 0.5) is 8.78 Å². The van der Waals surface area contributed by atoms with Crippen LogP contribution >= 0.6 is 0 Å². The maximum atomic E-state index is 12.7. The highest BCUT2D eigenvalue weighted by atomic mass is 19.1. The van der Waals surface area contributed by atoms with E-state index in [-0.39, 0.29) is 11.3 Å². The minimum Gasteiger partial charge on any atom is -0.423 e. The quantitative estimate of drug-likeness (QED) is 0.571. The van der Waals surface area contributed by atoms with Crippen LogP contribution in [0.15, 0.2) is 36.4 Å². The van der Waals surface area contributed by atoms with Crippen molar-refractivity contribution in [3.8, 4) is 0 Å². The molecule has 0 aliphatic rings. The molecule has 0 heterocycles. The van der Waals surface area contributed by atoms with Gasteiger partial charge in [0.2, 0.25) is 0 Å². The van der Waals surface area contributed by atoms with E-state index in [4.69, 9.17) is 20.1 Å². The lowest BCUT2D eigenvalue weighted by Gasteiger charge is -2.00. The molecule has 0 aliphatic carbocycles. The van der Waals surface area contributed by atoms with Gasteiger partial charge in [-0.2, -0.15) is 0 Å². The topological polar surface area (TPSA) is 80.9 Å². The van der Waals surface area contributed by atoms with Crippen LogP contribution in [-0.2, 0) is 0 Å². The molecule has 0 radical (unpaired) electrons. The van der Waals surface area contributed by atoms with Gasteiger partial charge in [-0.05, 0) is 48.0 Å². The van der Waals surface area contributed by atoms with Gasteiger partial charge >= 0.3 is 14.2 Å². The number of benzene rings is 2. The Morgan fingerprint density at radius 1 is 0.682 bits per heavy atom. The van der Waals surface area contributed by atoms with E-state index >= 15 is 0 Å². The van der Waals surface area contributed by atoms with Gasteiger partial charge in [0.05, 0.1) is 0 Å². The summed E-state index contributed by atoms with van der Waals surface area (Å²) in [5, 5.41) is 34.6. The number of hydrogen-bond donors (Lipinski definition) is 4. The molecule has 4 N–H and O–H groups in total. The van der Waals surface area contributed by atoms with Crippen LogP contribution in [0.5, 0.6) is 0 Å². The second-order valence-electron chi connectivity index (χ2n) is 4.76. The van der Waals surface area contributed by atoms with Crippen molar-refractivity contribution in [2.75, 3.05) is 0 Å².